The van der Waals surface area contributed by atoms with Gasteiger partial charge in [-0.15, -0.1) is 0 Å². The van der Waals surface area contributed by atoms with E-state index in [0.29, 0.717) is 5.78 Å². The number of hydrogen-bond acceptors (Lipinski definition) is 1. The Kier molecular flexibility index (Phi) is 3.37. The molecule has 0 N–H and O–H groups in total. The maximum atomic E-state index is 12.7. The minimum absolute atomic E-state index is 0.114. The van der Waals surface area contributed by atoms with Crippen LogP contribution in [0.5, 0.6) is 0 Å². The molecule has 0 unspecified atom stereocenters. The highest BCUT2D eigenvalue weighted by molar-refractivity contribution is 6.01. The Labute approximate surface area is 104 Å². The molecule has 1 aliphatic rings. The summed E-state index contributed by atoms with van der Waals surface area (Å²) in [5, 5.41) is 0. The molecule has 0 amide bonds. The molecule has 0 spiro atoms. The average molecular weight is 230 g/mol. The number of Topliss-reactive ketones (excluding diaryl/α,β-unsaturated/α-hetero) is 1. The summed E-state index contributed by atoms with van der Waals surface area (Å²) in [5.74, 6) is 0.360. The van der Waals surface area contributed by atoms with Crippen LogP contribution in [0, 0.1) is 19.3 Å². The summed E-state index contributed by atoms with van der Waals surface area (Å²) in [4.78, 5) is 12.7. The summed E-state index contributed by atoms with van der Waals surface area (Å²) in [7, 11) is 0. The Morgan fingerprint density at radius 3 is 2.41 bits per heavy atom. The van der Waals surface area contributed by atoms with Gasteiger partial charge in [0.25, 0.3) is 0 Å². The van der Waals surface area contributed by atoms with Crippen molar-refractivity contribution in [3.05, 3.63) is 34.9 Å². The molecule has 1 heteroatoms. The Bertz CT molecular complexity index is 425. The first kappa shape index (κ1) is 12.3. The molecule has 1 aromatic carbocycles. The lowest BCUT2D eigenvalue weighted by atomic mass is 9.70. The minimum Gasteiger partial charge on any atom is -0.294 e. The standard InChI is InChI=1S/C16H22O/c1-12-8-7-9-14(13(12)2)15(17)16(3)10-5-4-6-11-16/h7-9H,4-6,10-11H2,1-3H3. The first-order valence-corrected chi connectivity index (χ1v) is 6.66. The van der Waals surface area contributed by atoms with Gasteiger partial charge in [0.1, 0.15) is 0 Å². The number of aryl methyl sites for hydroxylation is 1. The van der Waals surface area contributed by atoms with Crippen LogP contribution in [0.1, 0.15) is 60.5 Å². The van der Waals surface area contributed by atoms with E-state index in [1.54, 1.807) is 0 Å². The summed E-state index contributed by atoms with van der Waals surface area (Å²) in [6, 6.07) is 6.07. The van der Waals surface area contributed by atoms with Crippen LogP contribution in [-0.4, -0.2) is 5.78 Å². The van der Waals surface area contributed by atoms with Gasteiger partial charge in [-0.25, -0.2) is 0 Å². The van der Waals surface area contributed by atoms with Crippen molar-refractivity contribution >= 4 is 5.78 Å². The molecule has 0 aliphatic heterocycles. The van der Waals surface area contributed by atoms with E-state index in [-0.39, 0.29) is 5.41 Å². The minimum atomic E-state index is -0.114. The van der Waals surface area contributed by atoms with Crippen molar-refractivity contribution in [3.63, 3.8) is 0 Å². The van der Waals surface area contributed by atoms with Crippen molar-refractivity contribution in [2.75, 3.05) is 0 Å². The van der Waals surface area contributed by atoms with Crippen LogP contribution in [0.15, 0.2) is 18.2 Å². The molecule has 1 nitrogen and oxygen atoms in total. The lowest BCUT2D eigenvalue weighted by molar-refractivity contribution is 0.0748. The highest BCUT2D eigenvalue weighted by Crippen LogP contribution is 2.39. The molecule has 2 rings (SSSR count). The number of hydrogen-bond donors (Lipinski definition) is 0. The van der Waals surface area contributed by atoms with Crippen LogP contribution in [-0.2, 0) is 0 Å². The van der Waals surface area contributed by atoms with Gasteiger partial charge in [0.2, 0.25) is 0 Å². The maximum Gasteiger partial charge on any atom is 0.168 e. The predicted molar refractivity (Wildman–Crippen MR) is 71.4 cm³/mol. The number of ketones is 1. The molecule has 1 fully saturated rings. The third-order valence-electron chi connectivity index (χ3n) is 4.35. The summed E-state index contributed by atoms with van der Waals surface area (Å²) in [6.45, 7) is 6.29. The van der Waals surface area contributed by atoms with Gasteiger partial charge in [-0.05, 0) is 37.8 Å². The molecular formula is C16H22O. The molecule has 1 aromatic rings. The van der Waals surface area contributed by atoms with E-state index < -0.39 is 0 Å². The van der Waals surface area contributed by atoms with Crippen LogP contribution >= 0.6 is 0 Å². The highest BCUT2D eigenvalue weighted by atomic mass is 16.1. The molecule has 17 heavy (non-hydrogen) atoms. The first-order valence-electron chi connectivity index (χ1n) is 6.66. The molecule has 1 saturated carbocycles. The summed E-state index contributed by atoms with van der Waals surface area (Å²) < 4.78 is 0. The molecule has 0 heterocycles. The Hall–Kier alpha value is -1.11. The zero-order chi connectivity index (χ0) is 12.5. The summed E-state index contributed by atoms with van der Waals surface area (Å²) in [6.07, 6.45) is 5.80. The monoisotopic (exact) mass is 230 g/mol. The lowest BCUT2D eigenvalue weighted by Crippen LogP contribution is -2.30. The van der Waals surface area contributed by atoms with Crippen LogP contribution in [0.25, 0.3) is 0 Å². The van der Waals surface area contributed by atoms with Gasteiger partial charge >= 0.3 is 0 Å². The first-order chi connectivity index (χ1) is 8.04. The number of rotatable bonds is 2. The van der Waals surface area contributed by atoms with E-state index in [9.17, 15) is 4.79 Å². The molecule has 0 saturated heterocycles. The average Bonchev–Trinajstić information content (AvgIpc) is 2.33. The van der Waals surface area contributed by atoms with Crippen molar-refractivity contribution in [1.29, 1.82) is 0 Å². The predicted octanol–water partition coefficient (Wildman–Crippen LogP) is 4.46. The van der Waals surface area contributed by atoms with E-state index in [0.717, 1.165) is 24.0 Å². The Morgan fingerprint density at radius 2 is 1.76 bits per heavy atom. The van der Waals surface area contributed by atoms with E-state index in [4.69, 9.17) is 0 Å². The SMILES string of the molecule is Cc1cccc(C(=O)C2(C)CCCCC2)c1C. The number of carbonyl (C=O) groups is 1. The molecule has 0 atom stereocenters. The topological polar surface area (TPSA) is 17.1 Å². The fraction of sp³-hybridized carbons (Fsp3) is 0.562. The van der Waals surface area contributed by atoms with Gasteiger partial charge in [0, 0.05) is 11.0 Å². The van der Waals surface area contributed by atoms with E-state index in [1.807, 2.05) is 12.1 Å². The normalized spacial score (nSPS) is 19.0. The van der Waals surface area contributed by atoms with Crippen LogP contribution in [0.4, 0.5) is 0 Å². The van der Waals surface area contributed by atoms with Crippen LogP contribution in [0.3, 0.4) is 0 Å². The van der Waals surface area contributed by atoms with E-state index in [1.165, 1.54) is 24.8 Å². The second-order valence-corrected chi connectivity index (χ2v) is 5.70. The largest absolute Gasteiger partial charge is 0.294 e. The second-order valence-electron chi connectivity index (χ2n) is 5.70. The third kappa shape index (κ3) is 2.29. The Morgan fingerprint density at radius 1 is 1.12 bits per heavy atom. The lowest BCUT2D eigenvalue weighted by Gasteiger charge is -2.32. The number of carbonyl (C=O) groups excluding carboxylic acids is 1. The van der Waals surface area contributed by atoms with Gasteiger partial charge in [-0.1, -0.05) is 44.4 Å². The van der Waals surface area contributed by atoms with E-state index >= 15 is 0 Å². The third-order valence-corrected chi connectivity index (χ3v) is 4.35. The molecule has 1 aliphatic carbocycles. The summed E-state index contributed by atoms with van der Waals surface area (Å²) >= 11 is 0. The Balaban J connectivity index is 2.33. The molecular weight excluding hydrogens is 208 g/mol. The van der Waals surface area contributed by atoms with Gasteiger partial charge in [-0.3, -0.25) is 4.79 Å². The van der Waals surface area contributed by atoms with E-state index in [2.05, 4.69) is 26.8 Å². The van der Waals surface area contributed by atoms with Crippen molar-refractivity contribution in [3.8, 4) is 0 Å². The van der Waals surface area contributed by atoms with Crippen LogP contribution in [0.2, 0.25) is 0 Å². The molecule has 0 radical (unpaired) electrons. The second kappa shape index (κ2) is 4.64. The fourth-order valence-electron chi connectivity index (χ4n) is 2.88. The van der Waals surface area contributed by atoms with Crippen molar-refractivity contribution in [2.24, 2.45) is 5.41 Å². The molecule has 92 valence electrons. The quantitative estimate of drug-likeness (QED) is 0.686. The zero-order valence-corrected chi connectivity index (χ0v) is 11.2. The highest BCUT2D eigenvalue weighted by Gasteiger charge is 2.35. The smallest absolute Gasteiger partial charge is 0.168 e. The van der Waals surface area contributed by atoms with Gasteiger partial charge in [0.15, 0.2) is 5.78 Å². The molecule has 0 aromatic heterocycles. The number of benzene rings is 1. The van der Waals surface area contributed by atoms with Gasteiger partial charge in [0.05, 0.1) is 0 Å². The zero-order valence-electron chi connectivity index (χ0n) is 11.2. The fourth-order valence-corrected chi connectivity index (χ4v) is 2.88. The van der Waals surface area contributed by atoms with Crippen molar-refractivity contribution < 1.29 is 4.79 Å². The van der Waals surface area contributed by atoms with Gasteiger partial charge in [-0.2, -0.15) is 0 Å². The molecule has 0 bridgehead atoms. The maximum absolute atomic E-state index is 12.7. The van der Waals surface area contributed by atoms with Crippen LogP contribution < -0.4 is 0 Å². The van der Waals surface area contributed by atoms with Crippen molar-refractivity contribution in [1.82, 2.24) is 0 Å². The summed E-state index contributed by atoms with van der Waals surface area (Å²) in [5.41, 5.74) is 3.20. The van der Waals surface area contributed by atoms with Crippen molar-refractivity contribution in [2.45, 2.75) is 52.9 Å². The van der Waals surface area contributed by atoms with Gasteiger partial charge < -0.3 is 0 Å².